The molecule has 2 rings (SSSR count). The van der Waals surface area contributed by atoms with Crippen molar-refractivity contribution in [2.45, 2.75) is 27.2 Å². The minimum absolute atomic E-state index is 0.314. The molecule has 0 fully saturated rings. The van der Waals surface area contributed by atoms with E-state index in [1.54, 1.807) is 0 Å². The van der Waals surface area contributed by atoms with Gasteiger partial charge in [-0.1, -0.05) is 51.1 Å². The quantitative estimate of drug-likeness (QED) is 0.870. The summed E-state index contributed by atoms with van der Waals surface area (Å²) in [5.41, 5.74) is 1.34. The van der Waals surface area contributed by atoms with E-state index in [0.717, 1.165) is 36.0 Å². The Bertz CT molecular complexity index is 573. The SMILES string of the molecule is CNc1cc(NCCC(C)(C)C)nc(-c2ccccc2)n1. The van der Waals surface area contributed by atoms with Crippen molar-refractivity contribution in [2.24, 2.45) is 5.41 Å². The lowest BCUT2D eigenvalue weighted by Crippen LogP contribution is -2.14. The van der Waals surface area contributed by atoms with Gasteiger partial charge in [-0.05, 0) is 11.8 Å². The first-order chi connectivity index (χ1) is 9.98. The molecule has 2 aromatic rings. The molecule has 0 aliphatic rings. The Balaban J connectivity index is 2.18. The van der Waals surface area contributed by atoms with Crippen LogP contribution in [0.4, 0.5) is 11.6 Å². The summed E-state index contributed by atoms with van der Waals surface area (Å²) < 4.78 is 0. The van der Waals surface area contributed by atoms with Gasteiger partial charge in [0.15, 0.2) is 5.82 Å². The van der Waals surface area contributed by atoms with Crippen LogP contribution in [-0.2, 0) is 0 Å². The van der Waals surface area contributed by atoms with Gasteiger partial charge in [-0.15, -0.1) is 0 Å². The zero-order valence-corrected chi connectivity index (χ0v) is 13.3. The lowest BCUT2D eigenvalue weighted by atomic mass is 9.92. The van der Waals surface area contributed by atoms with Gasteiger partial charge in [-0.2, -0.15) is 0 Å². The van der Waals surface area contributed by atoms with E-state index in [4.69, 9.17) is 0 Å². The Labute approximate surface area is 127 Å². The molecule has 1 heterocycles. The van der Waals surface area contributed by atoms with Crippen molar-refractivity contribution in [3.05, 3.63) is 36.4 Å². The van der Waals surface area contributed by atoms with Gasteiger partial charge in [0.2, 0.25) is 0 Å². The number of anilines is 2. The smallest absolute Gasteiger partial charge is 0.163 e. The fourth-order valence-electron chi connectivity index (χ4n) is 1.95. The predicted octanol–water partition coefficient (Wildman–Crippen LogP) is 4.03. The Morgan fingerprint density at radius 3 is 2.29 bits per heavy atom. The third-order valence-corrected chi connectivity index (χ3v) is 3.20. The van der Waals surface area contributed by atoms with Crippen molar-refractivity contribution in [1.82, 2.24) is 9.97 Å². The first-order valence-corrected chi connectivity index (χ1v) is 7.34. The molecule has 112 valence electrons. The van der Waals surface area contributed by atoms with Crippen LogP contribution in [-0.4, -0.2) is 23.6 Å². The van der Waals surface area contributed by atoms with Crippen molar-refractivity contribution < 1.29 is 0 Å². The fourth-order valence-corrected chi connectivity index (χ4v) is 1.95. The van der Waals surface area contributed by atoms with Crippen molar-refractivity contribution in [3.8, 4) is 11.4 Å². The molecule has 4 heteroatoms. The van der Waals surface area contributed by atoms with E-state index in [-0.39, 0.29) is 0 Å². The third kappa shape index (κ3) is 4.74. The van der Waals surface area contributed by atoms with E-state index in [9.17, 15) is 0 Å². The lowest BCUT2D eigenvalue weighted by molar-refractivity contribution is 0.389. The lowest BCUT2D eigenvalue weighted by Gasteiger charge is -2.18. The Kier molecular flexibility index (Phi) is 4.78. The first-order valence-electron chi connectivity index (χ1n) is 7.34. The standard InChI is InChI=1S/C17H24N4/c1-17(2,3)10-11-19-15-12-14(18-4)20-16(21-15)13-8-6-5-7-9-13/h5-9,12H,10-11H2,1-4H3,(H2,18,19,20,21). The van der Waals surface area contributed by atoms with Gasteiger partial charge < -0.3 is 10.6 Å². The molecule has 4 nitrogen and oxygen atoms in total. The summed E-state index contributed by atoms with van der Waals surface area (Å²) in [6.07, 6.45) is 1.09. The average Bonchev–Trinajstić information content (AvgIpc) is 2.46. The molecule has 0 spiro atoms. The summed E-state index contributed by atoms with van der Waals surface area (Å²) in [5, 5.41) is 6.49. The van der Waals surface area contributed by atoms with E-state index in [0.29, 0.717) is 5.41 Å². The number of nitrogens with zero attached hydrogens (tertiary/aromatic N) is 2. The number of aromatic nitrogens is 2. The number of rotatable bonds is 5. The highest BCUT2D eigenvalue weighted by Gasteiger charge is 2.10. The van der Waals surface area contributed by atoms with Crippen LogP contribution in [0.15, 0.2) is 36.4 Å². The number of nitrogens with one attached hydrogen (secondary N) is 2. The highest BCUT2D eigenvalue weighted by atomic mass is 15.1. The first kappa shape index (κ1) is 15.3. The molecule has 0 bridgehead atoms. The van der Waals surface area contributed by atoms with Crippen LogP contribution in [0.25, 0.3) is 11.4 Å². The van der Waals surface area contributed by atoms with Crippen molar-refractivity contribution in [2.75, 3.05) is 24.2 Å². The summed E-state index contributed by atoms with van der Waals surface area (Å²) in [7, 11) is 1.87. The summed E-state index contributed by atoms with van der Waals surface area (Å²) in [5.74, 6) is 2.42. The fraction of sp³-hybridized carbons (Fsp3) is 0.412. The zero-order valence-electron chi connectivity index (χ0n) is 13.3. The maximum atomic E-state index is 4.61. The Morgan fingerprint density at radius 2 is 1.67 bits per heavy atom. The minimum Gasteiger partial charge on any atom is -0.373 e. The Morgan fingerprint density at radius 1 is 1.00 bits per heavy atom. The largest absolute Gasteiger partial charge is 0.373 e. The number of benzene rings is 1. The van der Waals surface area contributed by atoms with E-state index in [1.807, 2.05) is 43.4 Å². The summed E-state index contributed by atoms with van der Waals surface area (Å²) >= 11 is 0. The maximum Gasteiger partial charge on any atom is 0.163 e. The van der Waals surface area contributed by atoms with Crippen LogP contribution in [0.1, 0.15) is 27.2 Å². The molecule has 0 atom stereocenters. The molecular formula is C17H24N4. The van der Waals surface area contributed by atoms with Crippen LogP contribution in [0.2, 0.25) is 0 Å². The molecule has 0 aliphatic carbocycles. The highest BCUT2D eigenvalue weighted by molar-refractivity contribution is 5.61. The van der Waals surface area contributed by atoms with Gasteiger partial charge in [0.1, 0.15) is 11.6 Å². The van der Waals surface area contributed by atoms with E-state index >= 15 is 0 Å². The van der Waals surface area contributed by atoms with E-state index in [2.05, 4.69) is 41.4 Å². The van der Waals surface area contributed by atoms with Crippen molar-refractivity contribution >= 4 is 11.6 Å². The highest BCUT2D eigenvalue weighted by Crippen LogP contribution is 2.21. The summed E-state index contributed by atoms with van der Waals surface area (Å²) in [6, 6.07) is 12.0. The van der Waals surface area contributed by atoms with Gasteiger partial charge in [-0.3, -0.25) is 0 Å². The topological polar surface area (TPSA) is 49.8 Å². The second-order valence-corrected chi connectivity index (χ2v) is 6.32. The molecule has 2 N–H and O–H groups in total. The van der Waals surface area contributed by atoms with Gasteiger partial charge in [-0.25, -0.2) is 9.97 Å². The molecule has 1 aromatic carbocycles. The third-order valence-electron chi connectivity index (χ3n) is 3.20. The van der Waals surface area contributed by atoms with Gasteiger partial charge >= 0.3 is 0 Å². The van der Waals surface area contributed by atoms with Crippen LogP contribution in [0, 0.1) is 5.41 Å². The molecular weight excluding hydrogens is 260 g/mol. The van der Waals surface area contributed by atoms with E-state index in [1.165, 1.54) is 0 Å². The van der Waals surface area contributed by atoms with Crippen molar-refractivity contribution in [1.29, 1.82) is 0 Å². The molecule has 21 heavy (non-hydrogen) atoms. The van der Waals surface area contributed by atoms with E-state index < -0.39 is 0 Å². The molecule has 0 saturated heterocycles. The van der Waals surface area contributed by atoms with Gasteiger partial charge in [0.05, 0.1) is 0 Å². The molecule has 0 radical (unpaired) electrons. The van der Waals surface area contributed by atoms with Crippen LogP contribution in [0.3, 0.4) is 0 Å². The number of hydrogen-bond acceptors (Lipinski definition) is 4. The summed E-state index contributed by atoms with van der Waals surface area (Å²) in [6.45, 7) is 7.62. The molecule has 0 saturated carbocycles. The second kappa shape index (κ2) is 6.57. The Hall–Kier alpha value is -2.10. The summed E-state index contributed by atoms with van der Waals surface area (Å²) in [4.78, 5) is 9.13. The maximum absolute atomic E-state index is 4.61. The van der Waals surface area contributed by atoms with Crippen molar-refractivity contribution in [3.63, 3.8) is 0 Å². The molecule has 1 aromatic heterocycles. The normalized spacial score (nSPS) is 11.2. The predicted molar refractivity (Wildman–Crippen MR) is 89.6 cm³/mol. The van der Waals surface area contributed by atoms with Crippen LogP contribution >= 0.6 is 0 Å². The average molecular weight is 284 g/mol. The molecule has 0 aliphatic heterocycles. The number of hydrogen-bond donors (Lipinski definition) is 2. The molecule has 0 unspecified atom stereocenters. The monoisotopic (exact) mass is 284 g/mol. The second-order valence-electron chi connectivity index (χ2n) is 6.32. The zero-order chi connectivity index (χ0) is 15.3. The minimum atomic E-state index is 0.314. The van der Waals surface area contributed by atoms with Crippen LogP contribution in [0.5, 0.6) is 0 Å². The van der Waals surface area contributed by atoms with Crippen LogP contribution < -0.4 is 10.6 Å². The van der Waals surface area contributed by atoms with Gasteiger partial charge in [0, 0.05) is 25.2 Å². The van der Waals surface area contributed by atoms with Gasteiger partial charge in [0.25, 0.3) is 0 Å². The molecule has 0 amide bonds.